The third kappa shape index (κ3) is 4.95. The maximum absolute atomic E-state index is 12.3. The monoisotopic (exact) mass is 280 g/mol. The molecule has 0 aromatic heterocycles. The van der Waals surface area contributed by atoms with Crippen LogP contribution in [0.1, 0.15) is 24.2 Å². The van der Waals surface area contributed by atoms with Gasteiger partial charge in [0.2, 0.25) is 5.91 Å². The van der Waals surface area contributed by atoms with Crippen LogP contribution in [-0.4, -0.2) is 36.1 Å². The van der Waals surface area contributed by atoms with Gasteiger partial charge in [-0.25, -0.2) is 0 Å². The number of carbonyl (C=O) groups is 2. The van der Waals surface area contributed by atoms with Crippen molar-refractivity contribution in [1.82, 2.24) is 4.90 Å². The van der Waals surface area contributed by atoms with Gasteiger partial charge < -0.3 is 10.6 Å². The Hall–Kier alpha value is -1.49. The Morgan fingerprint density at radius 2 is 1.95 bits per heavy atom. The SMILES string of the molecule is CC(C)CN(C)C(=O)c1ccccc1SCC(N)=O. The first kappa shape index (κ1) is 15.6. The van der Waals surface area contributed by atoms with Gasteiger partial charge >= 0.3 is 0 Å². The standard InChI is InChI=1S/C14H20N2O2S/c1-10(2)8-16(3)14(18)11-6-4-5-7-12(11)19-9-13(15)17/h4-7,10H,8-9H2,1-3H3,(H2,15,17). The topological polar surface area (TPSA) is 63.4 Å². The molecule has 0 unspecified atom stereocenters. The van der Waals surface area contributed by atoms with E-state index in [2.05, 4.69) is 13.8 Å². The minimum atomic E-state index is -0.386. The Labute approximate surface area is 118 Å². The fourth-order valence-corrected chi connectivity index (χ4v) is 2.54. The molecule has 0 saturated heterocycles. The lowest BCUT2D eigenvalue weighted by molar-refractivity contribution is -0.115. The molecule has 104 valence electrons. The Bertz CT molecular complexity index is 461. The van der Waals surface area contributed by atoms with Crippen LogP contribution in [0.25, 0.3) is 0 Å². The molecule has 0 saturated carbocycles. The first-order chi connectivity index (χ1) is 8.91. The van der Waals surface area contributed by atoms with Gasteiger partial charge in [0, 0.05) is 18.5 Å². The largest absolute Gasteiger partial charge is 0.369 e. The summed E-state index contributed by atoms with van der Waals surface area (Å²) in [6, 6.07) is 7.29. The van der Waals surface area contributed by atoms with Gasteiger partial charge in [0.05, 0.1) is 11.3 Å². The summed E-state index contributed by atoms with van der Waals surface area (Å²) in [5.74, 6) is 0.182. The van der Waals surface area contributed by atoms with Crippen LogP contribution in [0.2, 0.25) is 0 Å². The summed E-state index contributed by atoms with van der Waals surface area (Å²) in [7, 11) is 1.79. The molecule has 0 aliphatic carbocycles. The second kappa shape index (κ2) is 7.19. The van der Waals surface area contributed by atoms with Gasteiger partial charge in [-0.1, -0.05) is 26.0 Å². The lowest BCUT2D eigenvalue weighted by atomic mass is 10.1. The minimum absolute atomic E-state index is 0.0266. The molecule has 0 heterocycles. The van der Waals surface area contributed by atoms with Crippen molar-refractivity contribution in [2.45, 2.75) is 18.7 Å². The van der Waals surface area contributed by atoms with Gasteiger partial charge in [0.15, 0.2) is 0 Å². The van der Waals surface area contributed by atoms with E-state index in [0.29, 0.717) is 18.0 Å². The van der Waals surface area contributed by atoms with Crippen LogP contribution >= 0.6 is 11.8 Å². The molecule has 1 aromatic carbocycles. The molecule has 1 rings (SSSR count). The summed E-state index contributed by atoms with van der Waals surface area (Å²) >= 11 is 1.30. The molecule has 0 atom stereocenters. The van der Waals surface area contributed by atoms with Crippen molar-refractivity contribution in [2.75, 3.05) is 19.3 Å². The van der Waals surface area contributed by atoms with Crippen LogP contribution < -0.4 is 5.73 Å². The van der Waals surface area contributed by atoms with Gasteiger partial charge in [-0.15, -0.1) is 11.8 Å². The third-order valence-electron chi connectivity index (χ3n) is 2.47. The highest BCUT2D eigenvalue weighted by atomic mass is 32.2. The highest BCUT2D eigenvalue weighted by molar-refractivity contribution is 8.00. The Morgan fingerprint density at radius 1 is 1.32 bits per heavy atom. The summed E-state index contributed by atoms with van der Waals surface area (Å²) in [6.45, 7) is 4.84. The van der Waals surface area contributed by atoms with E-state index in [1.165, 1.54) is 11.8 Å². The van der Waals surface area contributed by atoms with Crippen molar-refractivity contribution in [3.05, 3.63) is 29.8 Å². The molecule has 1 aromatic rings. The second-order valence-corrected chi connectivity index (χ2v) is 5.85. The fourth-order valence-electron chi connectivity index (χ4n) is 1.75. The highest BCUT2D eigenvalue weighted by Gasteiger charge is 2.16. The first-order valence-electron chi connectivity index (χ1n) is 6.17. The predicted molar refractivity (Wildman–Crippen MR) is 78.2 cm³/mol. The number of benzene rings is 1. The maximum atomic E-state index is 12.3. The molecule has 2 N–H and O–H groups in total. The van der Waals surface area contributed by atoms with E-state index in [4.69, 9.17) is 5.73 Å². The predicted octanol–water partition coefficient (Wildman–Crippen LogP) is 1.99. The molecular formula is C14H20N2O2S. The number of thioether (sulfide) groups is 1. The molecule has 0 spiro atoms. The van der Waals surface area contributed by atoms with Crippen LogP contribution in [0.4, 0.5) is 0 Å². The first-order valence-corrected chi connectivity index (χ1v) is 7.16. The Morgan fingerprint density at radius 3 is 2.53 bits per heavy atom. The van der Waals surface area contributed by atoms with Crippen molar-refractivity contribution in [3.8, 4) is 0 Å². The average molecular weight is 280 g/mol. The second-order valence-electron chi connectivity index (χ2n) is 4.83. The van der Waals surface area contributed by atoms with Crippen molar-refractivity contribution in [1.29, 1.82) is 0 Å². The molecule has 19 heavy (non-hydrogen) atoms. The molecule has 0 radical (unpaired) electrons. The zero-order chi connectivity index (χ0) is 14.4. The lowest BCUT2D eigenvalue weighted by Gasteiger charge is -2.20. The van der Waals surface area contributed by atoms with Crippen molar-refractivity contribution in [3.63, 3.8) is 0 Å². The zero-order valence-electron chi connectivity index (χ0n) is 11.6. The number of rotatable bonds is 6. The van der Waals surface area contributed by atoms with Crippen molar-refractivity contribution >= 4 is 23.6 Å². The molecule has 4 nitrogen and oxygen atoms in total. The highest BCUT2D eigenvalue weighted by Crippen LogP contribution is 2.23. The number of nitrogens with two attached hydrogens (primary N) is 1. The van der Waals surface area contributed by atoms with E-state index >= 15 is 0 Å². The molecular weight excluding hydrogens is 260 g/mol. The van der Waals surface area contributed by atoms with Gasteiger partial charge in [0.1, 0.15) is 0 Å². The molecule has 0 aliphatic rings. The summed E-state index contributed by atoms with van der Waals surface area (Å²) < 4.78 is 0. The van der Waals surface area contributed by atoms with Crippen LogP contribution in [0, 0.1) is 5.92 Å². The summed E-state index contributed by atoms with van der Waals surface area (Å²) in [5, 5.41) is 0. The molecule has 0 aliphatic heterocycles. The van der Waals surface area contributed by atoms with E-state index in [9.17, 15) is 9.59 Å². The Balaban J connectivity index is 2.86. The summed E-state index contributed by atoms with van der Waals surface area (Å²) in [5.41, 5.74) is 5.76. The van der Waals surface area contributed by atoms with E-state index in [1.807, 2.05) is 18.2 Å². The van der Waals surface area contributed by atoms with Gasteiger partial charge in [0.25, 0.3) is 5.91 Å². The Kier molecular flexibility index (Phi) is 5.89. The molecule has 0 fully saturated rings. The van der Waals surface area contributed by atoms with E-state index < -0.39 is 0 Å². The lowest BCUT2D eigenvalue weighted by Crippen LogP contribution is -2.30. The van der Waals surface area contributed by atoms with Crippen molar-refractivity contribution in [2.24, 2.45) is 11.7 Å². The van der Waals surface area contributed by atoms with Crippen molar-refractivity contribution < 1.29 is 9.59 Å². The number of hydrogen-bond donors (Lipinski definition) is 1. The number of hydrogen-bond acceptors (Lipinski definition) is 3. The zero-order valence-corrected chi connectivity index (χ0v) is 12.4. The summed E-state index contributed by atoms with van der Waals surface area (Å²) in [4.78, 5) is 25.7. The number of nitrogens with zero attached hydrogens (tertiary/aromatic N) is 1. The number of carbonyl (C=O) groups excluding carboxylic acids is 2. The fraction of sp³-hybridized carbons (Fsp3) is 0.429. The molecule has 2 amide bonds. The number of amides is 2. The quantitative estimate of drug-likeness (QED) is 0.811. The van der Waals surface area contributed by atoms with E-state index in [0.717, 1.165) is 4.90 Å². The molecule has 0 bridgehead atoms. The smallest absolute Gasteiger partial charge is 0.254 e. The van der Waals surface area contributed by atoms with Crippen LogP contribution in [0.5, 0.6) is 0 Å². The maximum Gasteiger partial charge on any atom is 0.254 e. The number of primary amides is 1. The van der Waals surface area contributed by atoms with E-state index in [1.54, 1.807) is 18.0 Å². The molecule has 5 heteroatoms. The minimum Gasteiger partial charge on any atom is -0.369 e. The normalized spacial score (nSPS) is 10.5. The third-order valence-corrected chi connectivity index (χ3v) is 3.57. The van der Waals surface area contributed by atoms with Crippen LogP contribution in [-0.2, 0) is 4.79 Å². The van der Waals surface area contributed by atoms with Crippen LogP contribution in [0.3, 0.4) is 0 Å². The summed E-state index contributed by atoms with van der Waals surface area (Å²) in [6.07, 6.45) is 0. The average Bonchev–Trinajstić information content (AvgIpc) is 2.35. The van der Waals surface area contributed by atoms with Crippen LogP contribution in [0.15, 0.2) is 29.2 Å². The van der Waals surface area contributed by atoms with Gasteiger partial charge in [-0.3, -0.25) is 9.59 Å². The van der Waals surface area contributed by atoms with Gasteiger partial charge in [-0.2, -0.15) is 0 Å². The van der Waals surface area contributed by atoms with E-state index in [-0.39, 0.29) is 17.6 Å². The van der Waals surface area contributed by atoms with Gasteiger partial charge in [-0.05, 0) is 18.1 Å².